The zero-order valence-corrected chi connectivity index (χ0v) is 20.6. The number of aliphatic hydroxyl groups is 1. The molecule has 4 aromatic heterocycles. The maximum Gasteiger partial charge on any atom is 0.360 e. The number of esters is 1. The second-order valence-electron chi connectivity index (χ2n) is 7.70. The Bertz CT molecular complexity index is 1570. The van der Waals surface area contributed by atoms with E-state index in [0.29, 0.717) is 22.8 Å². The molecule has 13 nitrogen and oxygen atoms in total. The number of thiocarbonyl (C=S) groups is 1. The Morgan fingerprint density at radius 3 is 2.47 bits per heavy atom. The zero-order chi connectivity index (χ0) is 26.6. The Kier molecular flexibility index (Phi) is 7.08. The number of nitrogens with zero attached hydrogens (tertiary/aromatic N) is 4. The van der Waals surface area contributed by atoms with E-state index in [0.717, 1.165) is 0 Å². The largest absolute Gasteiger partial charge is 0.464 e. The van der Waals surface area contributed by atoms with Crippen LogP contribution in [0.25, 0.3) is 34.5 Å². The van der Waals surface area contributed by atoms with E-state index in [1.54, 1.807) is 24.3 Å². The van der Waals surface area contributed by atoms with Gasteiger partial charge in [0.05, 0.1) is 20.3 Å². The first-order valence-electron chi connectivity index (χ1n) is 11.1. The van der Waals surface area contributed by atoms with Crippen molar-refractivity contribution in [1.29, 1.82) is 0 Å². The summed E-state index contributed by atoms with van der Waals surface area (Å²) >= 11 is 5.45. The van der Waals surface area contributed by atoms with Gasteiger partial charge in [0.1, 0.15) is 35.5 Å². The monoisotopic (exact) mass is 536 g/mol. The number of aromatic nitrogens is 4. The van der Waals surface area contributed by atoms with Gasteiger partial charge in [-0.05, 0) is 0 Å². The lowest BCUT2D eigenvalue weighted by atomic mass is 10.1. The molecule has 0 radical (unpaired) electrons. The van der Waals surface area contributed by atoms with E-state index < -0.39 is 18.6 Å². The average molecular weight is 537 g/mol. The van der Waals surface area contributed by atoms with E-state index in [2.05, 4.69) is 25.3 Å². The molecular weight excluding hydrogens is 516 g/mol. The third kappa shape index (κ3) is 4.95. The molecule has 5 rings (SSSR count). The molecule has 0 bridgehead atoms. The van der Waals surface area contributed by atoms with Crippen molar-refractivity contribution >= 4 is 23.2 Å². The van der Waals surface area contributed by atoms with E-state index in [-0.39, 0.29) is 46.4 Å². The lowest BCUT2D eigenvalue weighted by Crippen LogP contribution is -2.30. The van der Waals surface area contributed by atoms with E-state index in [1.165, 1.54) is 25.9 Å². The van der Waals surface area contributed by atoms with Crippen molar-refractivity contribution in [3.8, 4) is 34.5 Å². The molecule has 0 spiro atoms. The number of ether oxygens (including phenoxy) is 1. The predicted molar refractivity (Wildman–Crippen MR) is 133 cm³/mol. The molecule has 4 heterocycles. The Hall–Kier alpha value is -4.66. The number of hydrogen-bond acceptors (Lipinski definition) is 13. The first-order valence-corrected chi connectivity index (χ1v) is 11.5. The van der Waals surface area contributed by atoms with Gasteiger partial charge in [-0.2, -0.15) is 0 Å². The fourth-order valence-electron chi connectivity index (χ4n) is 3.41. The maximum absolute atomic E-state index is 12.3. The van der Waals surface area contributed by atoms with E-state index >= 15 is 0 Å². The predicted octanol–water partition coefficient (Wildman–Crippen LogP) is 2.88. The molecule has 4 N–H and O–H groups in total. The van der Waals surface area contributed by atoms with Crippen molar-refractivity contribution in [2.75, 3.05) is 13.7 Å². The summed E-state index contributed by atoms with van der Waals surface area (Å²) in [4.78, 5) is 29.5. The number of aliphatic hydroxyl groups excluding tert-OH is 1. The summed E-state index contributed by atoms with van der Waals surface area (Å²) in [5, 5.41) is 13.0. The molecule has 0 unspecified atom stereocenters. The standard InChI is InChI=1S/C24H20N6O7S/c1-33-24(32)18-19(12-5-3-2-4-6-12)37-22(30-18)13(8-31)29-23(38)16-11-36-21(28-16)15-10-35-20(27-15)14-9-34-17(7-25)26-14/h2-6,9-11,13,31H,7-8,25H2,1H3,(H,29,38)/t13-/m0/s1. The van der Waals surface area contributed by atoms with Gasteiger partial charge in [-0.15, -0.1) is 0 Å². The third-order valence-electron chi connectivity index (χ3n) is 5.25. The minimum Gasteiger partial charge on any atom is -0.464 e. The summed E-state index contributed by atoms with van der Waals surface area (Å²) in [6.45, 7) is -0.309. The highest BCUT2D eigenvalue weighted by atomic mass is 32.1. The van der Waals surface area contributed by atoms with Crippen molar-refractivity contribution in [2.24, 2.45) is 5.73 Å². The van der Waals surface area contributed by atoms with Gasteiger partial charge in [0, 0.05) is 5.56 Å². The normalized spacial score (nSPS) is 11.9. The second kappa shape index (κ2) is 10.8. The summed E-state index contributed by atoms with van der Waals surface area (Å²) in [5.41, 5.74) is 7.02. The Balaban J connectivity index is 1.34. The molecule has 1 atom stereocenters. The van der Waals surface area contributed by atoms with Crippen LogP contribution >= 0.6 is 12.2 Å². The molecule has 0 saturated carbocycles. The van der Waals surface area contributed by atoms with Gasteiger partial charge in [-0.1, -0.05) is 42.5 Å². The molecule has 194 valence electrons. The van der Waals surface area contributed by atoms with Crippen LogP contribution in [0.5, 0.6) is 0 Å². The number of methoxy groups -OCH3 is 1. The van der Waals surface area contributed by atoms with Crippen molar-refractivity contribution < 1.29 is 32.3 Å². The van der Waals surface area contributed by atoms with Crippen LogP contribution < -0.4 is 11.1 Å². The van der Waals surface area contributed by atoms with Crippen molar-refractivity contribution in [3.63, 3.8) is 0 Å². The smallest absolute Gasteiger partial charge is 0.360 e. The van der Waals surface area contributed by atoms with Gasteiger partial charge in [-0.25, -0.2) is 24.7 Å². The van der Waals surface area contributed by atoms with Crippen LogP contribution in [0.2, 0.25) is 0 Å². The molecular formula is C24H20N6O7S. The highest BCUT2D eigenvalue weighted by molar-refractivity contribution is 7.80. The summed E-state index contributed by atoms with van der Waals surface area (Å²) in [6.07, 6.45) is 4.05. The minimum atomic E-state index is -0.897. The van der Waals surface area contributed by atoms with Gasteiger partial charge in [0.25, 0.3) is 0 Å². The molecule has 0 aliphatic rings. The van der Waals surface area contributed by atoms with Gasteiger partial charge in [0.15, 0.2) is 22.8 Å². The maximum atomic E-state index is 12.3. The number of oxazole rings is 4. The first-order chi connectivity index (χ1) is 18.5. The van der Waals surface area contributed by atoms with Crippen LogP contribution in [0, 0.1) is 0 Å². The SMILES string of the molecule is COC(=O)c1nc([C@H](CO)NC(=S)c2coc(-c3coc(-c4coc(CN)n4)n3)n2)oc1-c1ccccc1. The van der Waals surface area contributed by atoms with Crippen LogP contribution in [-0.4, -0.2) is 49.7 Å². The molecule has 0 saturated heterocycles. The van der Waals surface area contributed by atoms with Crippen molar-refractivity contribution in [2.45, 2.75) is 12.6 Å². The highest BCUT2D eigenvalue weighted by Gasteiger charge is 2.27. The second-order valence-corrected chi connectivity index (χ2v) is 8.11. The number of carbonyl (C=O) groups excluding carboxylic acids is 1. The van der Waals surface area contributed by atoms with Gasteiger partial charge in [-0.3, -0.25) is 0 Å². The lowest BCUT2D eigenvalue weighted by molar-refractivity contribution is 0.0595. The van der Waals surface area contributed by atoms with E-state index in [4.69, 9.17) is 40.4 Å². The van der Waals surface area contributed by atoms with Gasteiger partial charge < -0.3 is 38.6 Å². The molecule has 5 aromatic rings. The van der Waals surface area contributed by atoms with Crippen LogP contribution in [0.3, 0.4) is 0 Å². The van der Waals surface area contributed by atoms with E-state index in [9.17, 15) is 9.90 Å². The van der Waals surface area contributed by atoms with Crippen LogP contribution in [0.15, 0.2) is 66.8 Å². The number of nitrogens with two attached hydrogens (primary N) is 1. The molecule has 38 heavy (non-hydrogen) atoms. The summed E-state index contributed by atoms with van der Waals surface area (Å²) < 4.78 is 26.8. The van der Waals surface area contributed by atoms with Gasteiger partial charge in [0.2, 0.25) is 23.6 Å². The van der Waals surface area contributed by atoms with Crippen LogP contribution in [-0.2, 0) is 11.3 Å². The number of benzene rings is 1. The van der Waals surface area contributed by atoms with Crippen LogP contribution in [0.4, 0.5) is 0 Å². The number of carbonyl (C=O) groups is 1. The lowest BCUT2D eigenvalue weighted by Gasteiger charge is -2.13. The fraction of sp³-hybridized carbons (Fsp3) is 0.167. The number of rotatable bonds is 9. The Morgan fingerprint density at radius 2 is 1.76 bits per heavy atom. The molecule has 1 aromatic carbocycles. The third-order valence-corrected chi connectivity index (χ3v) is 5.58. The number of nitrogens with one attached hydrogen (secondary N) is 1. The first kappa shape index (κ1) is 25.0. The molecule has 0 aliphatic carbocycles. The van der Waals surface area contributed by atoms with Gasteiger partial charge >= 0.3 is 5.97 Å². The summed E-state index contributed by atoms with van der Waals surface area (Å²) in [6, 6.07) is 8.03. The minimum absolute atomic E-state index is 0.0309. The number of hydrogen-bond donors (Lipinski definition) is 3. The van der Waals surface area contributed by atoms with Crippen molar-refractivity contribution in [3.05, 3.63) is 72.3 Å². The van der Waals surface area contributed by atoms with Crippen molar-refractivity contribution in [1.82, 2.24) is 25.3 Å². The van der Waals surface area contributed by atoms with Crippen LogP contribution in [0.1, 0.15) is 34.0 Å². The highest BCUT2D eigenvalue weighted by Crippen LogP contribution is 2.29. The Morgan fingerprint density at radius 1 is 1.05 bits per heavy atom. The zero-order valence-electron chi connectivity index (χ0n) is 19.8. The summed E-state index contributed by atoms with van der Waals surface area (Å²) in [7, 11) is 1.24. The fourth-order valence-corrected chi connectivity index (χ4v) is 3.65. The summed E-state index contributed by atoms with van der Waals surface area (Å²) in [5.74, 6) is 0.226. The molecule has 0 fully saturated rings. The molecule has 14 heteroatoms. The molecule has 0 aliphatic heterocycles. The molecule has 0 amide bonds. The topological polar surface area (TPSA) is 189 Å². The quantitative estimate of drug-likeness (QED) is 0.184. The Labute approximate surface area is 219 Å². The average Bonchev–Trinajstić information content (AvgIpc) is 3.76. The van der Waals surface area contributed by atoms with E-state index in [1.807, 2.05) is 6.07 Å².